The lowest BCUT2D eigenvalue weighted by molar-refractivity contribution is -0.143. The van der Waals surface area contributed by atoms with Crippen LogP contribution in [0, 0.1) is 5.92 Å². The molecule has 1 fully saturated rings. The van der Waals surface area contributed by atoms with Crippen molar-refractivity contribution < 1.29 is 9.53 Å². The summed E-state index contributed by atoms with van der Waals surface area (Å²) < 4.78 is 4.79. The van der Waals surface area contributed by atoms with Gasteiger partial charge in [0.05, 0.1) is 7.11 Å². The Labute approximate surface area is 93.4 Å². The number of carbonyl (C=O) groups is 1. The van der Waals surface area contributed by atoms with Gasteiger partial charge in [-0.05, 0) is 47.7 Å². The van der Waals surface area contributed by atoms with Crippen molar-refractivity contribution in [2.75, 3.05) is 13.7 Å². The van der Waals surface area contributed by atoms with Crippen molar-refractivity contribution in [1.29, 1.82) is 0 Å². The highest BCUT2D eigenvalue weighted by molar-refractivity contribution is 7.08. The first-order chi connectivity index (χ1) is 7.31. The lowest BCUT2D eigenvalue weighted by Gasteiger charge is -2.14. The third kappa shape index (κ3) is 2.79. The molecule has 82 valence electrons. The molecule has 1 aromatic heterocycles. The zero-order chi connectivity index (χ0) is 10.7. The van der Waals surface area contributed by atoms with E-state index in [-0.39, 0.29) is 12.0 Å². The van der Waals surface area contributed by atoms with E-state index in [1.807, 2.05) is 16.8 Å². The molecule has 2 rings (SSSR count). The Kier molecular flexibility index (Phi) is 3.38. The van der Waals surface area contributed by atoms with E-state index in [0.29, 0.717) is 0 Å². The van der Waals surface area contributed by atoms with E-state index in [0.717, 1.165) is 18.0 Å². The largest absolute Gasteiger partial charge is 0.468 e. The first kappa shape index (κ1) is 10.6. The van der Waals surface area contributed by atoms with Gasteiger partial charge in [0.15, 0.2) is 0 Å². The standard InChI is InChI=1S/C11H15NO2S/c1-14-11(13)10(9-4-5-15-7-9)12-6-8-2-3-8/h4-5,7-8,10,12H,2-3,6H2,1H3/t10-/m1/s1. The summed E-state index contributed by atoms with van der Waals surface area (Å²) >= 11 is 1.60. The molecule has 4 heteroatoms. The zero-order valence-electron chi connectivity index (χ0n) is 8.73. The van der Waals surface area contributed by atoms with Gasteiger partial charge in [-0.3, -0.25) is 0 Å². The van der Waals surface area contributed by atoms with Crippen molar-refractivity contribution in [2.45, 2.75) is 18.9 Å². The number of ether oxygens (including phenoxy) is 1. The van der Waals surface area contributed by atoms with E-state index in [1.54, 1.807) is 11.3 Å². The Morgan fingerprint density at radius 3 is 3.07 bits per heavy atom. The minimum atomic E-state index is -0.290. The van der Waals surface area contributed by atoms with Gasteiger partial charge in [-0.15, -0.1) is 0 Å². The second kappa shape index (κ2) is 4.77. The Bertz CT molecular complexity index is 319. The average Bonchev–Trinajstić information content (AvgIpc) is 2.92. The highest BCUT2D eigenvalue weighted by Gasteiger charge is 2.26. The van der Waals surface area contributed by atoms with Crippen molar-refractivity contribution in [3.05, 3.63) is 22.4 Å². The summed E-state index contributed by atoms with van der Waals surface area (Å²) in [5.41, 5.74) is 1.01. The number of rotatable bonds is 5. The summed E-state index contributed by atoms with van der Waals surface area (Å²) in [6.07, 6.45) is 2.56. The zero-order valence-corrected chi connectivity index (χ0v) is 9.55. The molecule has 0 spiro atoms. The molecule has 0 amide bonds. The molecule has 0 aliphatic heterocycles. The van der Waals surface area contributed by atoms with Crippen molar-refractivity contribution in [2.24, 2.45) is 5.92 Å². The van der Waals surface area contributed by atoms with Gasteiger partial charge in [0.25, 0.3) is 0 Å². The molecular formula is C11H15NO2S. The summed E-state index contributed by atoms with van der Waals surface area (Å²) in [6.45, 7) is 0.912. The topological polar surface area (TPSA) is 38.3 Å². The predicted octanol–water partition coefficient (Wildman–Crippen LogP) is 1.96. The Balaban J connectivity index is 1.98. The number of methoxy groups -OCH3 is 1. The Morgan fingerprint density at radius 2 is 2.53 bits per heavy atom. The molecule has 3 nitrogen and oxygen atoms in total. The average molecular weight is 225 g/mol. The molecule has 0 bridgehead atoms. The molecule has 1 N–H and O–H groups in total. The van der Waals surface area contributed by atoms with Crippen LogP contribution in [-0.4, -0.2) is 19.6 Å². The number of hydrogen-bond donors (Lipinski definition) is 1. The van der Waals surface area contributed by atoms with Crippen LogP contribution < -0.4 is 5.32 Å². The summed E-state index contributed by atoms with van der Waals surface area (Å²) in [5.74, 6) is 0.560. The van der Waals surface area contributed by atoms with Gasteiger partial charge >= 0.3 is 5.97 Å². The van der Waals surface area contributed by atoms with Gasteiger partial charge in [-0.2, -0.15) is 11.3 Å². The van der Waals surface area contributed by atoms with Crippen LogP contribution in [0.25, 0.3) is 0 Å². The SMILES string of the molecule is COC(=O)[C@H](NCC1CC1)c1ccsc1. The van der Waals surface area contributed by atoms with Crippen LogP contribution in [0.4, 0.5) is 0 Å². The fraction of sp³-hybridized carbons (Fsp3) is 0.545. The molecule has 1 aliphatic carbocycles. The maximum Gasteiger partial charge on any atom is 0.327 e. The second-order valence-corrected chi connectivity index (χ2v) is 4.64. The molecule has 0 radical (unpaired) electrons. The van der Waals surface area contributed by atoms with Crippen LogP contribution >= 0.6 is 11.3 Å². The van der Waals surface area contributed by atoms with E-state index in [2.05, 4.69) is 5.32 Å². The molecule has 1 aromatic rings. The molecule has 1 aliphatic rings. The van der Waals surface area contributed by atoms with E-state index in [9.17, 15) is 4.79 Å². The van der Waals surface area contributed by atoms with Crippen LogP contribution in [0.1, 0.15) is 24.4 Å². The van der Waals surface area contributed by atoms with Crippen molar-refractivity contribution in [1.82, 2.24) is 5.32 Å². The maximum atomic E-state index is 11.6. The minimum absolute atomic E-state index is 0.200. The van der Waals surface area contributed by atoms with E-state index in [4.69, 9.17) is 4.74 Å². The minimum Gasteiger partial charge on any atom is -0.468 e. The predicted molar refractivity (Wildman–Crippen MR) is 59.8 cm³/mol. The third-order valence-corrected chi connectivity index (χ3v) is 3.32. The normalized spacial score (nSPS) is 17.4. The quantitative estimate of drug-likeness (QED) is 0.778. The highest BCUT2D eigenvalue weighted by Crippen LogP contribution is 2.29. The van der Waals surface area contributed by atoms with Gasteiger partial charge in [-0.1, -0.05) is 0 Å². The fourth-order valence-corrected chi connectivity index (χ4v) is 2.19. The number of hydrogen-bond acceptors (Lipinski definition) is 4. The second-order valence-electron chi connectivity index (χ2n) is 3.86. The Morgan fingerprint density at radius 1 is 1.73 bits per heavy atom. The molecule has 1 heterocycles. The molecular weight excluding hydrogens is 210 g/mol. The highest BCUT2D eigenvalue weighted by atomic mass is 32.1. The van der Waals surface area contributed by atoms with Crippen LogP contribution in [0.5, 0.6) is 0 Å². The lowest BCUT2D eigenvalue weighted by Crippen LogP contribution is -2.30. The van der Waals surface area contributed by atoms with E-state index in [1.165, 1.54) is 20.0 Å². The first-order valence-corrected chi connectivity index (χ1v) is 6.09. The van der Waals surface area contributed by atoms with Gasteiger partial charge < -0.3 is 10.1 Å². The van der Waals surface area contributed by atoms with E-state index >= 15 is 0 Å². The van der Waals surface area contributed by atoms with Gasteiger partial charge in [0.2, 0.25) is 0 Å². The number of nitrogens with one attached hydrogen (secondary N) is 1. The van der Waals surface area contributed by atoms with Crippen LogP contribution in [0.15, 0.2) is 16.8 Å². The first-order valence-electron chi connectivity index (χ1n) is 5.14. The van der Waals surface area contributed by atoms with Gasteiger partial charge in [-0.25, -0.2) is 4.79 Å². The van der Waals surface area contributed by atoms with Gasteiger partial charge in [0.1, 0.15) is 6.04 Å². The summed E-state index contributed by atoms with van der Waals surface area (Å²) in [6, 6.07) is 1.67. The molecule has 0 unspecified atom stereocenters. The summed E-state index contributed by atoms with van der Waals surface area (Å²) in [5, 5.41) is 7.23. The van der Waals surface area contributed by atoms with Crippen molar-refractivity contribution >= 4 is 17.3 Å². The maximum absolute atomic E-state index is 11.6. The van der Waals surface area contributed by atoms with Gasteiger partial charge in [0, 0.05) is 0 Å². The van der Waals surface area contributed by atoms with E-state index < -0.39 is 0 Å². The Hall–Kier alpha value is -0.870. The summed E-state index contributed by atoms with van der Waals surface area (Å²) in [7, 11) is 1.43. The van der Waals surface area contributed by atoms with Crippen LogP contribution in [0.2, 0.25) is 0 Å². The van der Waals surface area contributed by atoms with Crippen LogP contribution in [0.3, 0.4) is 0 Å². The number of esters is 1. The molecule has 0 aromatic carbocycles. The summed E-state index contributed by atoms with van der Waals surface area (Å²) in [4.78, 5) is 11.6. The number of thiophene rings is 1. The van der Waals surface area contributed by atoms with Crippen LogP contribution in [-0.2, 0) is 9.53 Å². The lowest BCUT2D eigenvalue weighted by atomic mass is 10.1. The molecule has 1 saturated carbocycles. The van der Waals surface area contributed by atoms with Crippen molar-refractivity contribution in [3.63, 3.8) is 0 Å². The monoisotopic (exact) mass is 225 g/mol. The van der Waals surface area contributed by atoms with Crippen molar-refractivity contribution in [3.8, 4) is 0 Å². The molecule has 15 heavy (non-hydrogen) atoms. The fourth-order valence-electron chi connectivity index (χ4n) is 1.50. The molecule has 1 atom stereocenters. The molecule has 0 saturated heterocycles. The number of carbonyl (C=O) groups excluding carboxylic acids is 1. The third-order valence-electron chi connectivity index (χ3n) is 2.62. The smallest absolute Gasteiger partial charge is 0.327 e.